The minimum absolute atomic E-state index is 0.0121. The molecule has 0 saturated carbocycles. The lowest BCUT2D eigenvalue weighted by molar-refractivity contribution is -0.120. The van der Waals surface area contributed by atoms with Gasteiger partial charge in [-0.3, -0.25) is 4.79 Å². The lowest BCUT2D eigenvalue weighted by Crippen LogP contribution is -2.13. The summed E-state index contributed by atoms with van der Waals surface area (Å²) >= 11 is 0. The van der Waals surface area contributed by atoms with Gasteiger partial charge in [-0.05, 0) is 36.0 Å². The van der Waals surface area contributed by atoms with Gasteiger partial charge in [0.25, 0.3) is 6.47 Å². The molecule has 0 aliphatic carbocycles. The van der Waals surface area contributed by atoms with Crippen LogP contribution in [0.3, 0.4) is 0 Å². The Labute approximate surface area is 121 Å². The van der Waals surface area contributed by atoms with E-state index in [4.69, 9.17) is 10.1 Å². The van der Waals surface area contributed by atoms with Gasteiger partial charge in [-0.1, -0.05) is 46.6 Å². The van der Waals surface area contributed by atoms with Gasteiger partial charge in [-0.15, -0.1) is 0 Å². The highest BCUT2D eigenvalue weighted by molar-refractivity contribution is 6.01. The topological polar surface area (TPSA) is 50.1 Å². The molecule has 0 radical (unpaired) electrons. The number of ether oxygens (including phenoxy) is 1. The van der Waals surface area contributed by atoms with Crippen LogP contribution in [0.5, 0.6) is 5.75 Å². The summed E-state index contributed by atoms with van der Waals surface area (Å²) in [5.74, 6) is 0.481. The van der Waals surface area contributed by atoms with Crippen molar-refractivity contribution >= 4 is 12.2 Å². The molecule has 110 valence electrons. The third-order valence-electron chi connectivity index (χ3n) is 3.38. The quantitative estimate of drug-likeness (QED) is 0.453. The van der Waals surface area contributed by atoms with E-state index in [-0.39, 0.29) is 5.41 Å². The first-order valence-corrected chi connectivity index (χ1v) is 7.22. The SMILES string of the molecule is CCCCCC(=N)c1cc(C(C)(C)C)ccc1OC=O. The van der Waals surface area contributed by atoms with Crippen LogP contribution in [0.25, 0.3) is 0 Å². The van der Waals surface area contributed by atoms with E-state index < -0.39 is 0 Å². The summed E-state index contributed by atoms with van der Waals surface area (Å²) in [4.78, 5) is 10.6. The minimum atomic E-state index is 0.0121. The van der Waals surface area contributed by atoms with Crippen molar-refractivity contribution in [1.82, 2.24) is 0 Å². The van der Waals surface area contributed by atoms with E-state index in [1.165, 1.54) is 0 Å². The molecule has 1 aromatic carbocycles. The molecule has 0 aliphatic heterocycles. The molecule has 0 bridgehead atoms. The predicted molar refractivity (Wildman–Crippen MR) is 82.8 cm³/mol. The van der Waals surface area contributed by atoms with Crippen LogP contribution in [0.4, 0.5) is 0 Å². The lowest BCUT2D eigenvalue weighted by Gasteiger charge is -2.21. The molecular weight excluding hydrogens is 250 g/mol. The molecular formula is C17H25NO2. The van der Waals surface area contributed by atoms with Crippen molar-refractivity contribution in [2.45, 2.75) is 58.8 Å². The molecule has 1 rings (SSSR count). The normalized spacial score (nSPS) is 11.2. The molecule has 0 atom stereocenters. The van der Waals surface area contributed by atoms with Crippen LogP contribution in [0.1, 0.15) is 64.5 Å². The zero-order valence-electron chi connectivity index (χ0n) is 13.0. The first-order chi connectivity index (χ1) is 9.40. The van der Waals surface area contributed by atoms with Crippen molar-refractivity contribution in [3.63, 3.8) is 0 Å². The number of hydrogen-bond acceptors (Lipinski definition) is 3. The van der Waals surface area contributed by atoms with E-state index >= 15 is 0 Å². The zero-order chi connectivity index (χ0) is 15.2. The van der Waals surface area contributed by atoms with Crippen molar-refractivity contribution in [3.05, 3.63) is 29.3 Å². The van der Waals surface area contributed by atoms with Gasteiger partial charge in [0.1, 0.15) is 5.75 Å². The smallest absolute Gasteiger partial charge is 0.298 e. The zero-order valence-corrected chi connectivity index (χ0v) is 13.0. The maximum Gasteiger partial charge on any atom is 0.298 e. The Balaban J connectivity index is 3.05. The number of carbonyl (C=O) groups excluding carboxylic acids is 1. The number of benzene rings is 1. The van der Waals surface area contributed by atoms with Crippen LogP contribution >= 0.6 is 0 Å². The fourth-order valence-electron chi connectivity index (χ4n) is 2.07. The number of unbranched alkanes of at least 4 members (excludes halogenated alkanes) is 2. The molecule has 0 spiro atoms. The summed E-state index contributed by atoms with van der Waals surface area (Å²) in [7, 11) is 0. The van der Waals surface area contributed by atoms with Crippen molar-refractivity contribution in [2.24, 2.45) is 0 Å². The van der Waals surface area contributed by atoms with E-state index in [2.05, 4.69) is 27.7 Å². The van der Waals surface area contributed by atoms with Gasteiger partial charge in [-0.25, -0.2) is 0 Å². The Morgan fingerprint density at radius 2 is 2.00 bits per heavy atom. The van der Waals surface area contributed by atoms with Crippen LogP contribution in [-0.4, -0.2) is 12.2 Å². The molecule has 0 saturated heterocycles. The second-order valence-corrected chi connectivity index (χ2v) is 6.11. The monoisotopic (exact) mass is 275 g/mol. The van der Waals surface area contributed by atoms with E-state index in [1.807, 2.05) is 12.1 Å². The Hall–Kier alpha value is -1.64. The maximum absolute atomic E-state index is 10.6. The third-order valence-corrected chi connectivity index (χ3v) is 3.38. The Morgan fingerprint density at radius 1 is 1.30 bits per heavy atom. The van der Waals surface area contributed by atoms with Crippen molar-refractivity contribution in [2.75, 3.05) is 0 Å². The largest absolute Gasteiger partial charge is 0.428 e. The van der Waals surface area contributed by atoms with Gasteiger partial charge in [-0.2, -0.15) is 0 Å². The van der Waals surface area contributed by atoms with Crippen LogP contribution in [0.15, 0.2) is 18.2 Å². The Morgan fingerprint density at radius 3 is 2.55 bits per heavy atom. The molecule has 0 aliphatic rings. The Bertz CT molecular complexity index is 472. The molecule has 1 aromatic rings. The molecule has 1 N–H and O–H groups in total. The standard InChI is InChI=1S/C17H25NO2/c1-5-6-7-8-15(18)14-11-13(17(2,3)4)9-10-16(14)20-12-19/h9-12,18H,5-8H2,1-4H3. The molecule has 0 unspecified atom stereocenters. The number of rotatable bonds is 7. The summed E-state index contributed by atoms with van der Waals surface area (Å²) < 4.78 is 5.01. The summed E-state index contributed by atoms with van der Waals surface area (Å²) in [6.07, 6.45) is 3.96. The lowest BCUT2D eigenvalue weighted by atomic mass is 9.85. The van der Waals surface area contributed by atoms with Gasteiger partial charge in [0, 0.05) is 11.3 Å². The third kappa shape index (κ3) is 4.48. The molecule has 0 aromatic heterocycles. The van der Waals surface area contributed by atoms with E-state index in [9.17, 15) is 4.79 Å². The molecule has 3 nitrogen and oxygen atoms in total. The predicted octanol–water partition coefficient (Wildman–Crippen LogP) is 4.47. The summed E-state index contributed by atoms with van der Waals surface area (Å²) in [5, 5.41) is 8.23. The van der Waals surface area contributed by atoms with Crippen LogP contribution in [0, 0.1) is 5.41 Å². The van der Waals surface area contributed by atoms with Crippen LogP contribution in [-0.2, 0) is 10.2 Å². The van der Waals surface area contributed by atoms with E-state index in [1.54, 1.807) is 6.07 Å². The van der Waals surface area contributed by atoms with Crippen LogP contribution in [0.2, 0.25) is 0 Å². The highest BCUT2D eigenvalue weighted by Gasteiger charge is 2.17. The van der Waals surface area contributed by atoms with Crippen molar-refractivity contribution in [3.8, 4) is 5.75 Å². The fraction of sp³-hybridized carbons (Fsp3) is 0.529. The first-order valence-electron chi connectivity index (χ1n) is 7.22. The van der Waals surface area contributed by atoms with Gasteiger partial charge < -0.3 is 10.1 Å². The van der Waals surface area contributed by atoms with E-state index in [0.717, 1.165) is 36.8 Å². The molecule has 0 amide bonds. The maximum atomic E-state index is 10.6. The van der Waals surface area contributed by atoms with Gasteiger partial charge in [0.2, 0.25) is 0 Å². The average molecular weight is 275 g/mol. The molecule has 0 heterocycles. The van der Waals surface area contributed by atoms with Crippen LogP contribution < -0.4 is 4.74 Å². The van der Waals surface area contributed by atoms with Crippen molar-refractivity contribution in [1.29, 1.82) is 5.41 Å². The second kappa shape index (κ2) is 7.22. The number of hydrogen-bond donors (Lipinski definition) is 1. The Kier molecular flexibility index (Phi) is 5.93. The second-order valence-electron chi connectivity index (χ2n) is 6.11. The summed E-state index contributed by atoms with van der Waals surface area (Å²) in [6.45, 7) is 8.97. The number of nitrogens with one attached hydrogen (secondary N) is 1. The highest BCUT2D eigenvalue weighted by Crippen LogP contribution is 2.29. The molecule has 20 heavy (non-hydrogen) atoms. The fourth-order valence-corrected chi connectivity index (χ4v) is 2.07. The number of carbonyl (C=O) groups is 1. The highest BCUT2D eigenvalue weighted by atomic mass is 16.5. The van der Waals surface area contributed by atoms with Crippen molar-refractivity contribution < 1.29 is 9.53 Å². The summed E-state index contributed by atoms with van der Waals surface area (Å²) in [5.41, 5.74) is 2.44. The molecule has 0 fully saturated rings. The van der Waals surface area contributed by atoms with Gasteiger partial charge >= 0.3 is 0 Å². The summed E-state index contributed by atoms with van der Waals surface area (Å²) in [6, 6.07) is 5.73. The first kappa shape index (κ1) is 16.4. The van der Waals surface area contributed by atoms with Gasteiger partial charge in [0.15, 0.2) is 0 Å². The minimum Gasteiger partial charge on any atom is -0.428 e. The van der Waals surface area contributed by atoms with E-state index in [0.29, 0.717) is 17.9 Å². The average Bonchev–Trinajstić information content (AvgIpc) is 2.38. The molecule has 3 heteroatoms. The van der Waals surface area contributed by atoms with Gasteiger partial charge in [0.05, 0.1) is 0 Å².